The number of amides is 1. The van der Waals surface area contributed by atoms with Crippen LogP contribution in [0.3, 0.4) is 0 Å². The third kappa shape index (κ3) is 2.57. The van der Waals surface area contributed by atoms with Crippen LogP contribution in [-0.4, -0.2) is 29.7 Å². The van der Waals surface area contributed by atoms with E-state index in [0.717, 1.165) is 19.5 Å². The van der Waals surface area contributed by atoms with Gasteiger partial charge in [-0.25, -0.2) is 4.79 Å². The van der Waals surface area contributed by atoms with Gasteiger partial charge < -0.3 is 9.64 Å². The quantitative estimate of drug-likeness (QED) is 0.590. The van der Waals surface area contributed by atoms with Crippen LogP contribution < -0.4 is 0 Å². The maximum atomic E-state index is 11.8. The molecule has 0 N–H and O–H groups in total. The van der Waals surface area contributed by atoms with Gasteiger partial charge >= 0.3 is 6.09 Å². The molecule has 0 atom stereocenters. The van der Waals surface area contributed by atoms with Crippen LogP contribution in [-0.2, 0) is 4.74 Å². The SMILES string of the molecule is CC(C)(C)OC(=O)N1CCC(=C2CCC2)C1. The molecule has 1 aliphatic heterocycles. The Kier molecular flexibility index (Phi) is 2.96. The largest absolute Gasteiger partial charge is 0.444 e. The van der Waals surface area contributed by atoms with E-state index >= 15 is 0 Å². The monoisotopic (exact) mass is 223 g/mol. The molecule has 2 aliphatic rings. The van der Waals surface area contributed by atoms with E-state index in [9.17, 15) is 4.79 Å². The summed E-state index contributed by atoms with van der Waals surface area (Å²) in [6.45, 7) is 7.35. The van der Waals surface area contributed by atoms with Crippen LogP contribution in [0.15, 0.2) is 11.1 Å². The highest BCUT2D eigenvalue weighted by Crippen LogP contribution is 2.33. The van der Waals surface area contributed by atoms with Crippen molar-refractivity contribution in [3.05, 3.63) is 11.1 Å². The van der Waals surface area contributed by atoms with Crippen LogP contribution >= 0.6 is 0 Å². The van der Waals surface area contributed by atoms with Crippen molar-refractivity contribution in [1.82, 2.24) is 4.90 Å². The number of likely N-dealkylation sites (tertiary alicyclic amines) is 1. The summed E-state index contributed by atoms with van der Waals surface area (Å²) in [5.41, 5.74) is 2.69. The molecule has 1 saturated heterocycles. The zero-order chi connectivity index (χ0) is 11.8. The van der Waals surface area contributed by atoms with E-state index in [1.807, 2.05) is 25.7 Å². The Morgan fingerprint density at radius 2 is 1.88 bits per heavy atom. The van der Waals surface area contributed by atoms with Gasteiger partial charge in [0.05, 0.1) is 0 Å². The maximum absolute atomic E-state index is 11.8. The van der Waals surface area contributed by atoms with Gasteiger partial charge in [0.15, 0.2) is 0 Å². The topological polar surface area (TPSA) is 29.5 Å². The van der Waals surface area contributed by atoms with Gasteiger partial charge in [-0.05, 0) is 52.0 Å². The number of carbonyl (C=O) groups is 1. The summed E-state index contributed by atoms with van der Waals surface area (Å²) in [4.78, 5) is 13.6. The van der Waals surface area contributed by atoms with Gasteiger partial charge in [-0.15, -0.1) is 0 Å². The maximum Gasteiger partial charge on any atom is 0.410 e. The molecule has 16 heavy (non-hydrogen) atoms. The molecular weight excluding hydrogens is 202 g/mol. The van der Waals surface area contributed by atoms with E-state index in [2.05, 4.69) is 0 Å². The molecule has 2 fully saturated rings. The summed E-state index contributed by atoms with van der Waals surface area (Å²) in [5.74, 6) is 0. The molecule has 90 valence electrons. The number of allylic oxidation sites excluding steroid dienone is 1. The number of ether oxygens (including phenoxy) is 1. The van der Waals surface area contributed by atoms with E-state index in [4.69, 9.17) is 4.74 Å². The van der Waals surface area contributed by atoms with Crippen molar-refractivity contribution in [2.24, 2.45) is 0 Å². The molecule has 0 aromatic heterocycles. The van der Waals surface area contributed by atoms with Crippen molar-refractivity contribution in [2.75, 3.05) is 13.1 Å². The lowest BCUT2D eigenvalue weighted by Crippen LogP contribution is -2.35. The lowest BCUT2D eigenvalue weighted by Gasteiger charge is -2.24. The molecule has 0 aromatic rings. The molecule has 1 amide bonds. The summed E-state index contributed by atoms with van der Waals surface area (Å²) < 4.78 is 5.37. The van der Waals surface area contributed by atoms with Crippen LogP contribution in [0.25, 0.3) is 0 Å². The zero-order valence-corrected chi connectivity index (χ0v) is 10.5. The number of hydrogen-bond acceptors (Lipinski definition) is 2. The summed E-state index contributed by atoms with van der Waals surface area (Å²) >= 11 is 0. The minimum Gasteiger partial charge on any atom is -0.444 e. The molecule has 3 heteroatoms. The highest BCUT2D eigenvalue weighted by Gasteiger charge is 2.28. The third-order valence-corrected chi connectivity index (χ3v) is 3.17. The lowest BCUT2D eigenvalue weighted by atomic mass is 9.87. The van der Waals surface area contributed by atoms with Gasteiger partial charge in [-0.1, -0.05) is 5.57 Å². The van der Waals surface area contributed by atoms with Crippen molar-refractivity contribution in [1.29, 1.82) is 0 Å². The molecule has 1 aliphatic carbocycles. The molecule has 0 radical (unpaired) electrons. The highest BCUT2D eigenvalue weighted by molar-refractivity contribution is 5.69. The minimum atomic E-state index is -0.385. The molecular formula is C13H21NO2. The van der Waals surface area contributed by atoms with Gasteiger partial charge in [-0.3, -0.25) is 0 Å². The summed E-state index contributed by atoms with van der Waals surface area (Å²) in [6, 6.07) is 0. The van der Waals surface area contributed by atoms with E-state index in [1.165, 1.54) is 24.8 Å². The zero-order valence-electron chi connectivity index (χ0n) is 10.5. The van der Waals surface area contributed by atoms with Crippen LogP contribution in [0.4, 0.5) is 4.79 Å². The van der Waals surface area contributed by atoms with Gasteiger partial charge in [0.25, 0.3) is 0 Å². The number of nitrogens with zero attached hydrogens (tertiary/aromatic N) is 1. The number of rotatable bonds is 0. The second-order valence-electron chi connectivity index (χ2n) is 5.71. The van der Waals surface area contributed by atoms with Crippen molar-refractivity contribution in [3.63, 3.8) is 0 Å². The summed E-state index contributed by atoms with van der Waals surface area (Å²) in [6.07, 6.45) is 4.71. The summed E-state index contributed by atoms with van der Waals surface area (Å²) in [5, 5.41) is 0. The molecule has 0 bridgehead atoms. The number of hydrogen-bond donors (Lipinski definition) is 0. The smallest absolute Gasteiger partial charge is 0.410 e. The summed E-state index contributed by atoms with van der Waals surface area (Å²) in [7, 11) is 0. The van der Waals surface area contributed by atoms with Gasteiger partial charge in [0, 0.05) is 13.1 Å². The van der Waals surface area contributed by atoms with Crippen LogP contribution in [0.2, 0.25) is 0 Å². The van der Waals surface area contributed by atoms with Gasteiger partial charge in [-0.2, -0.15) is 0 Å². The first-order valence-electron chi connectivity index (χ1n) is 6.13. The predicted octanol–water partition coefficient (Wildman–Crippen LogP) is 3.11. The fraction of sp³-hybridized carbons (Fsp3) is 0.769. The third-order valence-electron chi connectivity index (χ3n) is 3.17. The van der Waals surface area contributed by atoms with Crippen molar-refractivity contribution < 1.29 is 9.53 Å². The average Bonchev–Trinajstić information content (AvgIpc) is 2.46. The van der Waals surface area contributed by atoms with Crippen molar-refractivity contribution in [2.45, 2.75) is 52.1 Å². The van der Waals surface area contributed by atoms with Crippen LogP contribution in [0.5, 0.6) is 0 Å². The second kappa shape index (κ2) is 4.11. The first kappa shape index (κ1) is 11.5. The van der Waals surface area contributed by atoms with Gasteiger partial charge in [0.1, 0.15) is 5.60 Å². The lowest BCUT2D eigenvalue weighted by molar-refractivity contribution is 0.0299. The molecule has 2 rings (SSSR count). The van der Waals surface area contributed by atoms with E-state index < -0.39 is 0 Å². The Morgan fingerprint density at radius 3 is 2.38 bits per heavy atom. The predicted molar refractivity (Wildman–Crippen MR) is 63.3 cm³/mol. The second-order valence-corrected chi connectivity index (χ2v) is 5.71. The number of carbonyl (C=O) groups excluding carboxylic acids is 1. The molecule has 3 nitrogen and oxygen atoms in total. The molecule has 1 heterocycles. The molecule has 0 unspecified atom stereocenters. The standard InChI is InChI=1S/C13H21NO2/c1-13(2,3)16-12(15)14-8-7-11(9-14)10-5-4-6-10/h4-9H2,1-3H3. The van der Waals surface area contributed by atoms with E-state index in [-0.39, 0.29) is 11.7 Å². The molecule has 1 saturated carbocycles. The first-order valence-corrected chi connectivity index (χ1v) is 6.13. The van der Waals surface area contributed by atoms with E-state index in [0.29, 0.717) is 0 Å². The highest BCUT2D eigenvalue weighted by atomic mass is 16.6. The Labute approximate surface area is 97.5 Å². The normalized spacial score (nSPS) is 21.1. The van der Waals surface area contributed by atoms with Crippen LogP contribution in [0.1, 0.15) is 46.5 Å². The Morgan fingerprint density at radius 1 is 1.19 bits per heavy atom. The van der Waals surface area contributed by atoms with Crippen molar-refractivity contribution in [3.8, 4) is 0 Å². The molecule has 0 spiro atoms. The van der Waals surface area contributed by atoms with Crippen molar-refractivity contribution >= 4 is 6.09 Å². The first-order chi connectivity index (χ1) is 7.46. The average molecular weight is 223 g/mol. The fourth-order valence-corrected chi connectivity index (χ4v) is 2.14. The minimum absolute atomic E-state index is 0.164. The fourth-order valence-electron chi connectivity index (χ4n) is 2.14. The Balaban J connectivity index is 1.91. The Bertz CT molecular complexity index is 319. The Hall–Kier alpha value is -0.990. The van der Waals surface area contributed by atoms with Crippen LogP contribution in [0, 0.1) is 0 Å². The van der Waals surface area contributed by atoms with Gasteiger partial charge in [0.2, 0.25) is 0 Å². The molecule has 0 aromatic carbocycles. The van der Waals surface area contributed by atoms with E-state index in [1.54, 1.807) is 5.57 Å².